The number of nitrogens with zero attached hydrogens (tertiary/aromatic N) is 4. The van der Waals surface area contributed by atoms with Gasteiger partial charge in [0.1, 0.15) is 24.0 Å². The zero-order valence-corrected chi connectivity index (χ0v) is 23.9. The normalized spacial score (nSPS) is 13.0. The molecule has 1 atom stereocenters. The van der Waals surface area contributed by atoms with E-state index in [4.69, 9.17) is 22.1 Å². The van der Waals surface area contributed by atoms with Crippen LogP contribution in [-0.2, 0) is 0 Å². The van der Waals surface area contributed by atoms with Gasteiger partial charge in [-0.1, -0.05) is 31.5 Å². The summed E-state index contributed by atoms with van der Waals surface area (Å²) in [4.78, 5) is 23.3. The van der Waals surface area contributed by atoms with Crippen molar-refractivity contribution in [2.75, 3.05) is 6.61 Å². The molecule has 5 rings (SSSR count). The van der Waals surface area contributed by atoms with Gasteiger partial charge in [-0.15, -0.1) is 0 Å². The Balaban J connectivity index is 0.000000241. The highest BCUT2D eigenvalue weighted by molar-refractivity contribution is 9.10. The van der Waals surface area contributed by atoms with Gasteiger partial charge in [0.05, 0.1) is 16.1 Å². The molecule has 0 fully saturated rings. The number of benzene rings is 1. The fourth-order valence-corrected chi connectivity index (χ4v) is 4.91. The number of aryl methyl sites for hydroxylation is 2. The molecule has 0 unspecified atom stereocenters. The van der Waals surface area contributed by atoms with Crippen molar-refractivity contribution in [1.82, 2.24) is 29.9 Å². The Bertz CT molecular complexity index is 1530. The van der Waals surface area contributed by atoms with Gasteiger partial charge in [0.25, 0.3) is 0 Å². The van der Waals surface area contributed by atoms with Crippen LogP contribution in [0, 0.1) is 19.8 Å². The topological polar surface area (TPSA) is 118 Å². The van der Waals surface area contributed by atoms with Crippen molar-refractivity contribution < 1.29 is 4.74 Å². The molecule has 194 valence electrons. The molecular weight excluding hydrogens is 554 g/mol. The lowest BCUT2D eigenvalue weighted by Crippen LogP contribution is -2.43. The third-order valence-electron chi connectivity index (χ3n) is 5.64. The van der Waals surface area contributed by atoms with Gasteiger partial charge in [-0.2, -0.15) is 0 Å². The molecule has 4 aromatic heterocycles. The van der Waals surface area contributed by atoms with Crippen molar-refractivity contribution in [1.29, 1.82) is 0 Å². The standard InChI is InChI=1S/C20H25ClN4O.C7H6BrN3/c1-12(2)10-20(4,22)11-26-17-6-5-14(9-16(17)21)15-7-8-23-19-18(15)24-13(3)25-19;1-4-10-6-5(8)2-3-9-7(6)11-4/h5-9,12H,10-11,22H2,1-4H3,(H,23,24,25);2-3H,1H3,(H,9,10,11)/t20-;/m0./s1. The number of rotatable bonds is 6. The Morgan fingerprint density at radius 3 is 2.24 bits per heavy atom. The lowest BCUT2D eigenvalue weighted by atomic mass is 9.93. The molecule has 0 saturated heterocycles. The third-order valence-corrected chi connectivity index (χ3v) is 6.60. The molecule has 0 amide bonds. The van der Waals surface area contributed by atoms with Gasteiger partial charge in [-0.25, -0.2) is 19.9 Å². The number of H-pyrrole nitrogens is 2. The highest BCUT2D eigenvalue weighted by atomic mass is 79.9. The van der Waals surface area contributed by atoms with E-state index >= 15 is 0 Å². The van der Waals surface area contributed by atoms with Gasteiger partial charge < -0.3 is 20.4 Å². The van der Waals surface area contributed by atoms with Gasteiger partial charge >= 0.3 is 0 Å². The van der Waals surface area contributed by atoms with Crippen LogP contribution in [0.5, 0.6) is 5.75 Å². The molecule has 0 aliphatic rings. The highest BCUT2D eigenvalue weighted by Crippen LogP contribution is 2.33. The van der Waals surface area contributed by atoms with Gasteiger partial charge in [-0.05, 0) is 78.9 Å². The summed E-state index contributed by atoms with van der Waals surface area (Å²) < 4.78 is 6.90. The second-order valence-corrected chi connectivity index (χ2v) is 11.1. The number of nitrogens with one attached hydrogen (secondary N) is 2. The molecule has 0 radical (unpaired) electrons. The first kappa shape index (κ1) is 27.0. The second kappa shape index (κ2) is 11.2. The Labute approximate surface area is 229 Å². The predicted molar refractivity (Wildman–Crippen MR) is 153 cm³/mol. The minimum atomic E-state index is -0.388. The van der Waals surface area contributed by atoms with E-state index in [1.54, 1.807) is 12.4 Å². The molecule has 4 N–H and O–H groups in total. The van der Waals surface area contributed by atoms with Crippen molar-refractivity contribution in [2.24, 2.45) is 11.7 Å². The lowest BCUT2D eigenvalue weighted by Gasteiger charge is -2.26. The molecule has 0 aliphatic heterocycles. The van der Waals surface area contributed by atoms with E-state index in [2.05, 4.69) is 59.7 Å². The number of aromatic amines is 2. The molecular formula is C27H31BrClN7O. The maximum absolute atomic E-state index is 6.46. The van der Waals surface area contributed by atoms with E-state index in [1.807, 2.05) is 51.1 Å². The summed E-state index contributed by atoms with van der Waals surface area (Å²) in [6.45, 7) is 10.6. The van der Waals surface area contributed by atoms with Crippen molar-refractivity contribution in [3.8, 4) is 16.9 Å². The summed E-state index contributed by atoms with van der Waals surface area (Å²) in [5, 5.41) is 0.559. The summed E-state index contributed by atoms with van der Waals surface area (Å²) in [5.41, 5.74) is 11.2. The summed E-state index contributed by atoms with van der Waals surface area (Å²) in [5.74, 6) is 2.87. The van der Waals surface area contributed by atoms with Crippen LogP contribution in [0.15, 0.2) is 47.2 Å². The molecule has 0 spiro atoms. The van der Waals surface area contributed by atoms with Gasteiger partial charge in [0, 0.05) is 28.0 Å². The van der Waals surface area contributed by atoms with Crippen LogP contribution in [0.2, 0.25) is 5.02 Å². The largest absolute Gasteiger partial charge is 0.490 e. The van der Waals surface area contributed by atoms with Crippen LogP contribution in [-0.4, -0.2) is 42.0 Å². The summed E-state index contributed by atoms with van der Waals surface area (Å²) in [7, 11) is 0. The minimum absolute atomic E-state index is 0.388. The molecule has 37 heavy (non-hydrogen) atoms. The first-order valence-corrected chi connectivity index (χ1v) is 13.2. The van der Waals surface area contributed by atoms with Crippen LogP contribution in [0.1, 0.15) is 38.8 Å². The van der Waals surface area contributed by atoms with Crippen molar-refractivity contribution >= 4 is 49.9 Å². The molecule has 0 saturated carbocycles. The van der Waals surface area contributed by atoms with E-state index in [9.17, 15) is 0 Å². The fourth-order valence-electron chi connectivity index (χ4n) is 4.28. The van der Waals surface area contributed by atoms with Gasteiger partial charge in [0.2, 0.25) is 0 Å². The monoisotopic (exact) mass is 583 g/mol. The van der Waals surface area contributed by atoms with Crippen molar-refractivity contribution in [3.05, 3.63) is 63.9 Å². The zero-order valence-electron chi connectivity index (χ0n) is 21.6. The Hall–Kier alpha value is -3.01. The van der Waals surface area contributed by atoms with Gasteiger partial charge in [0.15, 0.2) is 11.3 Å². The average molecular weight is 585 g/mol. The molecule has 5 aromatic rings. The quantitative estimate of drug-likeness (QED) is 0.203. The van der Waals surface area contributed by atoms with Crippen LogP contribution >= 0.6 is 27.5 Å². The number of imidazole rings is 2. The highest BCUT2D eigenvalue weighted by Gasteiger charge is 2.21. The molecule has 4 heterocycles. The number of aromatic nitrogens is 6. The first-order valence-electron chi connectivity index (χ1n) is 12.0. The molecule has 10 heteroatoms. The number of nitrogens with two attached hydrogens (primary N) is 1. The number of fused-ring (bicyclic) bond motifs is 2. The Morgan fingerprint density at radius 2 is 1.62 bits per heavy atom. The smallest absolute Gasteiger partial charge is 0.178 e. The maximum Gasteiger partial charge on any atom is 0.178 e. The van der Waals surface area contributed by atoms with Crippen LogP contribution in [0.4, 0.5) is 0 Å². The fraction of sp³-hybridized carbons (Fsp3) is 0.333. The van der Waals surface area contributed by atoms with Crippen molar-refractivity contribution in [2.45, 2.75) is 46.6 Å². The van der Waals surface area contributed by atoms with E-state index in [-0.39, 0.29) is 5.54 Å². The van der Waals surface area contributed by atoms with E-state index in [1.165, 1.54) is 0 Å². The maximum atomic E-state index is 6.46. The number of ether oxygens (including phenoxy) is 1. The summed E-state index contributed by atoms with van der Waals surface area (Å²) in [6.07, 6.45) is 4.37. The van der Waals surface area contributed by atoms with E-state index < -0.39 is 0 Å². The summed E-state index contributed by atoms with van der Waals surface area (Å²) in [6, 6.07) is 9.62. The van der Waals surface area contributed by atoms with Crippen LogP contribution in [0.3, 0.4) is 0 Å². The Morgan fingerprint density at radius 1 is 1.00 bits per heavy atom. The predicted octanol–water partition coefficient (Wildman–Crippen LogP) is 6.76. The number of pyridine rings is 2. The molecule has 0 bridgehead atoms. The Kier molecular flexibility index (Phi) is 8.16. The first-order chi connectivity index (χ1) is 17.5. The SMILES string of the molecule is Cc1nc2nccc(-c3ccc(OC[C@@](C)(N)CC(C)C)c(Cl)c3)c2[nH]1.Cc1nc2nccc(Br)c2[nH]1. The molecule has 0 aliphatic carbocycles. The molecule has 8 nitrogen and oxygen atoms in total. The van der Waals surface area contributed by atoms with Crippen LogP contribution < -0.4 is 10.5 Å². The minimum Gasteiger partial charge on any atom is -0.490 e. The number of hydrogen-bond donors (Lipinski definition) is 3. The summed E-state index contributed by atoms with van der Waals surface area (Å²) >= 11 is 9.86. The van der Waals surface area contributed by atoms with E-state index in [0.29, 0.717) is 28.9 Å². The lowest BCUT2D eigenvalue weighted by molar-refractivity contribution is 0.207. The number of hydrogen-bond acceptors (Lipinski definition) is 6. The second-order valence-electron chi connectivity index (χ2n) is 9.88. The zero-order chi connectivity index (χ0) is 26.7. The van der Waals surface area contributed by atoms with Gasteiger partial charge in [-0.3, -0.25) is 0 Å². The van der Waals surface area contributed by atoms with E-state index in [0.717, 1.165) is 50.3 Å². The van der Waals surface area contributed by atoms with Crippen LogP contribution in [0.25, 0.3) is 33.5 Å². The van der Waals surface area contributed by atoms with Crippen molar-refractivity contribution in [3.63, 3.8) is 0 Å². The number of halogens is 2. The molecule has 1 aromatic carbocycles. The third kappa shape index (κ3) is 6.66. The average Bonchev–Trinajstić information content (AvgIpc) is 3.39.